The van der Waals surface area contributed by atoms with Crippen LogP contribution < -0.4 is 14.9 Å². The second-order valence-electron chi connectivity index (χ2n) is 4.80. The van der Waals surface area contributed by atoms with Crippen molar-refractivity contribution < 1.29 is 24.3 Å². The van der Waals surface area contributed by atoms with Gasteiger partial charge >= 0.3 is 0 Å². The predicted octanol–water partition coefficient (Wildman–Crippen LogP) is 2.08. The van der Waals surface area contributed by atoms with Gasteiger partial charge < -0.3 is 14.6 Å². The van der Waals surface area contributed by atoms with Crippen molar-refractivity contribution >= 4 is 17.8 Å². The van der Waals surface area contributed by atoms with Gasteiger partial charge in [-0.2, -0.15) is 5.10 Å². The number of methoxy groups -OCH3 is 2. The first-order valence-corrected chi connectivity index (χ1v) is 6.98. The quantitative estimate of drug-likeness (QED) is 0.469. The maximum Gasteiger partial charge on any atom is 0.271 e. The summed E-state index contributed by atoms with van der Waals surface area (Å²) in [5, 5.41) is 24.1. The predicted molar refractivity (Wildman–Crippen MR) is 89.4 cm³/mol. The van der Waals surface area contributed by atoms with Gasteiger partial charge in [-0.25, -0.2) is 5.43 Å². The van der Waals surface area contributed by atoms with E-state index in [0.717, 1.165) is 18.3 Å². The smallest absolute Gasteiger partial charge is 0.271 e. The summed E-state index contributed by atoms with van der Waals surface area (Å²) in [5.74, 6) is 0.125. The molecule has 0 radical (unpaired) electrons. The highest BCUT2D eigenvalue weighted by molar-refractivity contribution is 5.96. The van der Waals surface area contributed by atoms with Crippen molar-refractivity contribution in [1.82, 2.24) is 5.43 Å². The molecule has 2 N–H and O–H groups in total. The lowest BCUT2D eigenvalue weighted by atomic mass is 10.2. The number of ether oxygens (including phenoxy) is 2. The molecule has 0 aromatic heterocycles. The molecule has 0 bridgehead atoms. The van der Waals surface area contributed by atoms with Gasteiger partial charge in [0, 0.05) is 29.3 Å². The van der Waals surface area contributed by atoms with Crippen molar-refractivity contribution in [3.05, 3.63) is 57.6 Å². The first-order valence-electron chi connectivity index (χ1n) is 6.98. The molecule has 130 valence electrons. The Kier molecular flexibility index (Phi) is 5.51. The lowest BCUT2D eigenvalue weighted by Gasteiger charge is -2.07. The fraction of sp³-hybridized carbons (Fsp3) is 0.125. The van der Waals surface area contributed by atoms with E-state index in [0.29, 0.717) is 11.5 Å². The number of aromatic hydroxyl groups is 1. The van der Waals surface area contributed by atoms with Gasteiger partial charge in [0.2, 0.25) is 0 Å². The molecule has 2 aromatic carbocycles. The average Bonchev–Trinajstić information content (AvgIpc) is 2.62. The molecule has 0 aliphatic heterocycles. The Bertz CT molecular complexity index is 812. The monoisotopic (exact) mass is 345 g/mol. The number of phenolic OH excluding ortho intramolecular Hbond substituents is 1. The molecule has 2 rings (SSSR count). The number of nitro groups is 1. The molecule has 9 nitrogen and oxygen atoms in total. The summed E-state index contributed by atoms with van der Waals surface area (Å²) in [6, 6.07) is 8.08. The van der Waals surface area contributed by atoms with Crippen LogP contribution in [0.5, 0.6) is 17.2 Å². The fourth-order valence-electron chi connectivity index (χ4n) is 1.92. The number of non-ortho nitro benzene ring substituents is 1. The van der Waals surface area contributed by atoms with Crippen LogP contribution in [0.1, 0.15) is 15.9 Å². The fourth-order valence-corrected chi connectivity index (χ4v) is 1.92. The highest BCUT2D eigenvalue weighted by Crippen LogP contribution is 2.23. The van der Waals surface area contributed by atoms with Gasteiger partial charge in [0.15, 0.2) is 0 Å². The largest absolute Gasteiger partial charge is 0.507 e. The minimum Gasteiger partial charge on any atom is -0.507 e. The second kappa shape index (κ2) is 7.77. The summed E-state index contributed by atoms with van der Waals surface area (Å²) in [6.07, 6.45) is 1.11. The molecule has 25 heavy (non-hydrogen) atoms. The van der Waals surface area contributed by atoms with Crippen LogP contribution in [0.25, 0.3) is 0 Å². The van der Waals surface area contributed by atoms with Crippen LogP contribution in [0.2, 0.25) is 0 Å². The highest BCUT2D eigenvalue weighted by atomic mass is 16.6. The molecule has 0 heterocycles. The third-order valence-electron chi connectivity index (χ3n) is 3.21. The van der Waals surface area contributed by atoms with Crippen LogP contribution in [0.3, 0.4) is 0 Å². The number of carbonyl (C=O) groups excluding carboxylic acids is 1. The molecular weight excluding hydrogens is 330 g/mol. The Hall–Kier alpha value is -3.62. The van der Waals surface area contributed by atoms with Crippen molar-refractivity contribution in [3.8, 4) is 17.2 Å². The van der Waals surface area contributed by atoms with Crippen LogP contribution in [0.4, 0.5) is 5.69 Å². The van der Waals surface area contributed by atoms with E-state index in [9.17, 15) is 20.0 Å². The SMILES string of the molecule is COc1cc(OC)cc(C(=O)N/N=C\c2cc([N+](=O)[O-])ccc2O)c1. The zero-order chi connectivity index (χ0) is 18.4. The first-order chi connectivity index (χ1) is 11.9. The van der Waals surface area contributed by atoms with E-state index < -0.39 is 10.8 Å². The minimum atomic E-state index is -0.599. The Morgan fingerprint density at radius 3 is 2.40 bits per heavy atom. The number of hydrogen-bond donors (Lipinski definition) is 2. The summed E-state index contributed by atoms with van der Waals surface area (Å²) in [7, 11) is 2.92. The normalized spacial score (nSPS) is 10.5. The molecule has 1 amide bonds. The van der Waals surface area contributed by atoms with E-state index in [2.05, 4.69) is 10.5 Å². The topological polar surface area (TPSA) is 123 Å². The third kappa shape index (κ3) is 4.44. The number of benzene rings is 2. The summed E-state index contributed by atoms with van der Waals surface area (Å²) in [5.41, 5.74) is 2.40. The standard InChI is InChI=1S/C16H15N3O6/c1-24-13-6-10(7-14(8-13)25-2)16(21)18-17-9-11-5-12(19(22)23)3-4-15(11)20/h3-9,20H,1-2H3,(H,18,21)/b17-9-. The van der Waals surface area contributed by atoms with E-state index in [1.807, 2.05) is 0 Å². The highest BCUT2D eigenvalue weighted by Gasteiger charge is 2.11. The number of rotatable bonds is 6. The number of hydrazone groups is 1. The number of amides is 1. The zero-order valence-electron chi connectivity index (χ0n) is 13.4. The summed E-state index contributed by atoms with van der Waals surface area (Å²) in [4.78, 5) is 22.3. The molecule has 0 aliphatic carbocycles. The molecule has 0 atom stereocenters. The molecule has 0 aliphatic rings. The Labute approximate surface area is 142 Å². The van der Waals surface area contributed by atoms with E-state index in [1.54, 1.807) is 6.07 Å². The van der Waals surface area contributed by atoms with Crippen molar-refractivity contribution in [3.63, 3.8) is 0 Å². The molecule has 0 saturated carbocycles. The summed E-state index contributed by atoms with van der Waals surface area (Å²) in [6.45, 7) is 0. The van der Waals surface area contributed by atoms with E-state index in [1.165, 1.54) is 32.4 Å². The third-order valence-corrected chi connectivity index (χ3v) is 3.21. The molecular formula is C16H15N3O6. The van der Waals surface area contributed by atoms with E-state index >= 15 is 0 Å². The van der Waals surface area contributed by atoms with Crippen LogP contribution in [0.15, 0.2) is 41.5 Å². The number of hydrogen-bond acceptors (Lipinski definition) is 7. The second-order valence-corrected chi connectivity index (χ2v) is 4.80. The molecule has 0 unspecified atom stereocenters. The molecule has 2 aromatic rings. The van der Waals surface area contributed by atoms with Crippen molar-refractivity contribution in [1.29, 1.82) is 0 Å². The maximum absolute atomic E-state index is 12.1. The molecule has 9 heteroatoms. The van der Waals surface area contributed by atoms with Gasteiger partial charge in [-0.15, -0.1) is 0 Å². The van der Waals surface area contributed by atoms with Gasteiger partial charge in [0.1, 0.15) is 17.2 Å². The number of nitro benzene ring substituents is 1. The van der Waals surface area contributed by atoms with Gasteiger partial charge in [-0.1, -0.05) is 0 Å². The molecule has 0 saturated heterocycles. The van der Waals surface area contributed by atoms with Crippen LogP contribution >= 0.6 is 0 Å². The van der Waals surface area contributed by atoms with Gasteiger partial charge in [0.05, 0.1) is 25.4 Å². The van der Waals surface area contributed by atoms with Crippen molar-refractivity contribution in [2.45, 2.75) is 0 Å². The van der Waals surface area contributed by atoms with Gasteiger partial charge in [-0.3, -0.25) is 14.9 Å². The molecule has 0 spiro atoms. The average molecular weight is 345 g/mol. The summed E-state index contributed by atoms with van der Waals surface area (Å²) < 4.78 is 10.2. The van der Waals surface area contributed by atoms with E-state index in [-0.39, 0.29) is 22.6 Å². The van der Waals surface area contributed by atoms with Crippen molar-refractivity contribution in [2.24, 2.45) is 5.10 Å². The lowest BCUT2D eigenvalue weighted by molar-refractivity contribution is -0.384. The molecule has 0 fully saturated rings. The van der Waals surface area contributed by atoms with Crippen LogP contribution in [-0.2, 0) is 0 Å². The Morgan fingerprint density at radius 1 is 1.20 bits per heavy atom. The Morgan fingerprint density at radius 2 is 1.84 bits per heavy atom. The summed E-state index contributed by atoms with van der Waals surface area (Å²) >= 11 is 0. The van der Waals surface area contributed by atoms with Crippen LogP contribution in [0, 0.1) is 10.1 Å². The maximum atomic E-state index is 12.1. The van der Waals surface area contributed by atoms with Gasteiger partial charge in [-0.05, 0) is 18.2 Å². The van der Waals surface area contributed by atoms with Gasteiger partial charge in [0.25, 0.3) is 11.6 Å². The van der Waals surface area contributed by atoms with Crippen LogP contribution in [-0.4, -0.2) is 36.4 Å². The number of nitrogens with zero attached hydrogens (tertiary/aromatic N) is 2. The van der Waals surface area contributed by atoms with E-state index in [4.69, 9.17) is 9.47 Å². The zero-order valence-corrected chi connectivity index (χ0v) is 13.4. The first kappa shape index (κ1) is 17.7. The minimum absolute atomic E-state index is 0.0951. The number of phenols is 1. The number of nitrogens with one attached hydrogen (secondary N) is 1. The lowest BCUT2D eigenvalue weighted by Crippen LogP contribution is -2.17. The van der Waals surface area contributed by atoms with Crippen molar-refractivity contribution in [2.75, 3.05) is 14.2 Å². The Balaban J connectivity index is 2.16. The number of carbonyl (C=O) groups is 1.